The largest absolute Gasteiger partial charge is 0.469 e. The molecule has 2 unspecified atom stereocenters. The van der Waals surface area contributed by atoms with Gasteiger partial charge in [-0.2, -0.15) is 0 Å². The molecule has 0 spiro atoms. The first kappa shape index (κ1) is 12.1. The summed E-state index contributed by atoms with van der Waals surface area (Å²) in [6.45, 7) is 3.72. The van der Waals surface area contributed by atoms with Crippen molar-refractivity contribution in [1.29, 1.82) is 0 Å². The highest BCUT2D eigenvalue weighted by molar-refractivity contribution is 5.74. The van der Waals surface area contributed by atoms with Gasteiger partial charge in [0.2, 0.25) is 0 Å². The van der Waals surface area contributed by atoms with Crippen molar-refractivity contribution in [2.45, 2.75) is 19.3 Å². The highest BCUT2D eigenvalue weighted by Gasteiger charge is 2.35. The Bertz CT molecular complexity index is 403. The summed E-state index contributed by atoms with van der Waals surface area (Å²) >= 11 is 0. The Kier molecular flexibility index (Phi) is 3.79. The topological polar surface area (TPSA) is 38.3 Å². The Labute approximate surface area is 102 Å². The van der Waals surface area contributed by atoms with E-state index in [-0.39, 0.29) is 17.8 Å². The number of benzene rings is 1. The maximum Gasteiger partial charge on any atom is 0.310 e. The number of methoxy groups -OCH3 is 1. The van der Waals surface area contributed by atoms with E-state index in [1.54, 1.807) is 0 Å². The van der Waals surface area contributed by atoms with Crippen LogP contribution in [-0.2, 0) is 16.0 Å². The lowest BCUT2D eigenvalue weighted by molar-refractivity contribution is -0.145. The summed E-state index contributed by atoms with van der Waals surface area (Å²) in [5, 5.41) is 3.29. The molecule has 3 nitrogen and oxygen atoms in total. The monoisotopic (exact) mass is 233 g/mol. The number of aryl methyl sites for hydroxylation is 1. The number of ether oxygens (including phenoxy) is 1. The number of hydrogen-bond acceptors (Lipinski definition) is 3. The van der Waals surface area contributed by atoms with E-state index in [0.29, 0.717) is 0 Å². The number of nitrogens with one attached hydrogen (secondary N) is 1. The van der Waals surface area contributed by atoms with Gasteiger partial charge in [-0.15, -0.1) is 0 Å². The van der Waals surface area contributed by atoms with Gasteiger partial charge in [0.05, 0.1) is 13.0 Å². The van der Waals surface area contributed by atoms with E-state index in [9.17, 15) is 4.79 Å². The summed E-state index contributed by atoms with van der Waals surface area (Å²) < 4.78 is 4.88. The first-order valence-corrected chi connectivity index (χ1v) is 6.14. The Morgan fingerprint density at radius 3 is 2.88 bits per heavy atom. The fourth-order valence-corrected chi connectivity index (χ4v) is 2.62. The van der Waals surface area contributed by atoms with Gasteiger partial charge < -0.3 is 10.1 Å². The fraction of sp³-hybridized carbons (Fsp3) is 0.500. The first-order valence-electron chi connectivity index (χ1n) is 6.14. The van der Waals surface area contributed by atoms with Gasteiger partial charge in [-0.3, -0.25) is 4.79 Å². The minimum atomic E-state index is -0.106. The van der Waals surface area contributed by atoms with Crippen LogP contribution in [0.5, 0.6) is 0 Å². The maximum absolute atomic E-state index is 11.7. The molecular weight excluding hydrogens is 214 g/mol. The van der Waals surface area contributed by atoms with Crippen molar-refractivity contribution < 1.29 is 9.53 Å². The Morgan fingerprint density at radius 2 is 2.18 bits per heavy atom. The van der Waals surface area contributed by atoms with Crippen LogP contribution in [0.15, 0.2) is 24.3 Å². The van der Waals surface area contributed by atoms with Gasteiger partial charge >= 0.3 is 5.97 Å². The van der Waals surface area contributed by atoms with E-state index in [2.05, 4.69) is 30.4 Å². The Balaban J connectivity index is 2.29. The molecule has 0 saturated carbocycles. The van der Waals surface area contributed by atoms with Crippen LogP contribution in [0.3, 0.4) is 0 Å². The zero-order chi connectivity index (χ0) is 12.3. The summed E-state index contributed by atoms with van der Waals surface area (Å²) in [7, 11) is 1.46. The average Bonchev–Trinajstić information content (AvgIpc) is 2.86. The number of hydrogen-bond donors (Lipinski definition) is 1. The van der Waals surface area contributed by atoms with E-state index in [4.69, 9.17) is 4.74 Å². The molecule has 1 fully saturated rings. The lowest BCUT2D eigenvalue weighted by atomic mass is 9.85. The van der Waals surface area contributed by atoms with E-state index in [1.807, 2.05) is 6.07 Å². The maximum atomic E-state index is 11.7. The third-order valence-electron chi connectivity index (χ3n) is 3.55. The SMILES string of the molecule is CCc1ccccc1C1CNCC1C(=O)OC. The van der Waals surface area contributed by atoms with Crippen molar-refractivity contribution in [2.24, 2.45) is 5.92 Å². The minimum Gasteiger partial charge on any atom is -0.469 e. The summed E-state index contributed by atoms with van der Waals surface area (Å²) in [4.78, 5) is 11.7. The van der Waals surface area contributed by atoms with Crippen molar-refractivity contribution in [1.82, 2.24) is 5.32 Å². The number of esters is 1. The summed E-state index contributed by atoms with van der Waals surface area (Å²) in [5.41, 5.74) is 2.62. The van der Waals surface area contributed by atoms with E-state index in [0.717, 1.165) is 19.5 Å². The van der Waals surface area contributed by atoms with Crippen LogP contribution in [0.25, 0.3) is 0 Å². The molecule has 0 bridgehead atoms. The van der Waals surface area contributed by atoms with Crippen LogP contribution in [0.2, 0.25) is 0 Å². The van der Waals surface area contributed by atoms with E-state index >= 15 is 0 Å². The van der Waals surface area contributed by atoms with Gasteiger partial charge in [0.1, 0.15) is 0 Å². The highest BCUT2D eigenvalue weighted by atomic mass is 16.5. The predicted molar refractivity (Wildman–Crippen MR) is 66.9 cm³/mol. The lowest BCUT2D eigenvalue weighted by Crippen LogP contribution is -2.23. The molecule has 1 aromatic rings. The predicted octanol–water partition coefficient (Wildman–Crippen LogP) is 1.73. The van der Waals surface area contributed by atoms with Crippen LogP contribution in [0.4, 0.5) is 0 Å². The average molecular weight is 233 g/mol. The van der Waals surface area contributed by atoms with E-state index in [1.165, 1.54) is 18.2 Å². The van der Waals surface area contributed by atoms with Gasteiger partial charge in [-0.1, -0.05) is 31.2 Å². The third kappa shape index (κ3) is 2.34. The molecule has 1 aliphatic heterocycles. The molecule has 17 heavy (non-hydrogen) atoms. The van der Waals surface area contributed by atoms with Crippen LogP contribution in [-0.4, -0.2) is 26.2 Å². The molecular formula is C14H19NO2. The van der Waals surface area contributed by atoms with Gasteiger partial charge in [-0.25, -0.2) is 0 Å². The lowest BCUT2D eigenvalue weighted by Gasteiger charge is -2.19. The fourth-order valence-electron chi connectivity index (χ4n) is 2.62. The van der Waals surface area contributed by atoms with Crippen molar-refractivity contribution >= 4 is 5.97 Å². The second kappa shape index (κ2) is 5.32. The summed E-state index contributed by atoms with van der Waals surface area (Å²) in [5.74, 6) is 0.0946. The number of rotatable bonds is 3. The molecule has 1 saturated heterocycles. The van der Waals surface area contributed by atoms with Crippen LogP contribution >= 0.6 is 0 Å². The van der Waals surface area contributed by atoms with Crippen molar-refractivity contribution in [3.05, 3.63) is 35.4 Å². The quantitative estimate of drug-likeness (QED) is 0.808. The van der Waals surface area contributed by atoms with Crippen LogP contribution < -0.4 is 5.32 Å². The Hall–Kier alpha value is -1.35. The first-order chi connectivity index (χ1) is 8.27. The number of carbonyl (C=O) groups is 1. The molecule has 0 amide bonds. The van der Waals surface area contributed by atoms with Crippen LogP contribution in [0.1, 0.15) is 24.0 Å². The van der Waals surface area contributed by atoms with Crippen molar-refractivity contribution in [3.8, 4) is 0 Å². The molecule has 2 rings (SSSR count). The van der Waals surface area contributed by atoms with Gasteiger partial charge in [-0.05, 0) is 17.5 Å². The summed E-state index contributed by atoms with van der Waals surface area (Å²) in [6, 6.07) is 8.37. The molecule has 0 radical (unpaired) electrons. The van der Waals surface area contributed by atoms with Crippen LogP contribution in [0, 0.1) is 5.92 Å². The standard InChI is InChI=1S/C14H19NO2/c1-3-10-6-4-5-7-11(10)12-8-15-9-13(12)14(16)17-2/h4-7,12-13,15H,3,8-9H2,1-2H3. The zero-order valence-electron chi connectivity index (χ0n) is 10.4. The number of carbonyl (C=O) groups excluding carboxylic acids is 1. The zero-order valence-corrected chi connectivity index (χ0v) is 10.4. The normalized spacial score (nSPS) is 23.6. The second-order valence-electron chi connectivity index (χ2n) is 4.45. The minimum absolute atomic E-state index is 0.0484. The highest BCUT2D eigenvalue weighted by Crippen LogP contribution is 2.31. The smallest absolute Gasteiger partial charge is 0.310 e. The van der Waals surface area contributed by atoms with Crippen molar-refractivity contribution in [2.75, 3.05) is 20.2 Å². The van der Waals surface area contributed by atoms with Gasteiger partial charge in [0.25, 0.3) is 0 Å². The molecule has 1 N–H and O–H groups in total. The molecule has 92 valence electrons. The molecule has 2 atom stereocenters. The van der Waals surface area contributed by atoms with E-state index < -0.39 is 0 Å². The molecule has 1 aliphatic rings. The summed E-state index contributed by atoms with van der Waals surface area (Å²) in [6.07, 6.45) is 1.00. The Morgan fingerprint density at radius 1 is 1.41 bits per heavy atom. The van der Waals surface area contributed by atoms with Gasteiger partial charge in [0.15, 0.2) is 0 Å². The third-order valence-corrected chi connectivity index (χ3v) is 3.55. The van der Waals surface area contributed by atoms with Crippen molar-refractivity contribution in [3.63, 3.8) is 0 Å². The molecule has 1 aromatic carbocycles. The molecule has 0 aliphatic carbocycles. The molecule has 3 heteroatoms. The molecule has 1 heterocycles. The second-order valence-corrected chi connectivity index (χ2v) is 4.45. The van der Waals surface area contributed by atoms with Gasteiger partial charge in [0, 0.05) is 19.0 Å². The molecule has 0 aromatic heterocycles.